The summed E-state index contributed by atoms with van der Waals surface area (Å²) in [6, 6.07) is 26.6. The van der Waals surface area contributed by atoms with E-state index >= 15 is 0 Å². The number of carbonyl (C=O) groups is 4. The molecule has 18 nitrogen and oxygen atoms in total. The molecule has 4 aliphatic carbocycles. The molecular formula is C72H84Cl2N6O12S2. The van der Waals surface area contributed by atoms with E-state index in [1.165, 1.54) is 35.5 Å². The molecule has 0 bridgehead atoms. The lowest BCUT2D eigenvalue weighted by Crippen LogP contribution is -2.37. The SMILES string of the molecule is CC(C)[C@H]1CC[C@H](C)C[C@@H]1OC(=O)O[C@@H]1CCN([C@@H](c2cnc(NC(=O)C3(c4ccc5c(c4)OCO5)CC3)s2)c2ccccc2Cl)C1.CC(C)[C@H]1CC[C@H](C)C[C@@H]1OC(=O)O[C@@H]1CCN([C@H](c2cnc(NC(=O)C3(c4ccc5c(c4)OCO5)CC3)s2)c2ccccc2Cl)C1. The van der Waals surface area contributed by atoms with Crippen molar-refractivity contribution in [3.63, 3.8) is 0 Å². The molecule has 6 fully saturated rings. The predicted octanol–water partition coefficient (Wildman–Crippen LogP) is 15.9. The van der Waals surface area contributed by atoms with Crippen LogP contribution in [0.2, 0.25) is 10.0 Å². The van der Waals surface area contributed by atoms with Crippen LogP contribution in [0.15, 0.2) is 97.3 Å². The average molecular weight is 1360 g/mol. The van der Waals surface area contributed by atoms with Crippen LogP contribution in [-0.2, 0) is 39.4 Å². The number of thiazole rings is 2. The Labute approximate surface area is 568 Å². The Morgan fingerprint density at radius 1 is 0.543 bits per heavy atom. The predicted molar refractivity (Wildman–Crippen MR) is 360 cm³/mol. The smallest absolute Gasteiger partial charge is 0.454 e. The lowest BCUT2D eigenvalue weighted by Gasteiger charge is -2.36. The molecule has 0 unspecified atom stereocenters. The molecule has 6 heterocycles. The van der Waals surface area contributed by atoms with Gasteiger partial charge in [-0.15, -0.1) is 0 Å². The quantitative estimate of drug-likeness (QED) is 0.0770. The number of nitrogens with zero attached hydrogens (tertiary/aromatic N) is 4. The van der Waals surface area contributed by atoms with Gasteiger partial charge in [0.05, 0.1) is 22.9 Å². The number of fused-ring (bicyclic) bond motifs is 2. The van der Waals surface area contributed by atoms with Crippen molar-refractivity contribution >= 4 is 80.3 Å². The highest BCUT2D eigenvalue weighted by Crippen LogP contribution is 2.53. The summed E-state index contributed by atoms with van der Waals surface area (Å²) < 4.78 is 45.7. The number of carbonyl (C=O) groups excluding carboxylic acids is 4. The maximum absolute atomic E-state index is 13.6. The highest BCUT2D eigenvalue weighted by Gasteiger charge is 2.53. The van der Waals surface area contributed by atoms with E-state index < -0.39 is 23.1 Å². The van der Waals surface area contributed by atoms with Crippen molar-refractivity contribution in [1.82, 2.24) is 19.8 Å². The van der Waals surface area contributed by atoms with Crippen molar-refractivity contribution in [2.75, 3.05) is 50.4 Å². The standard InChI is InChI=1S/2C36H42ClN3O6S/c2*1-21(2)25-10-8-22(3)16-29(25)46-35(42)45-24-12-15-40(19-24)32(26-6-4-5-7-27(26)37)31-18-38-34(47-31)39-33(41)36(13-14-36)23-9-11-28-30(17-23)44-20-43-28/h2*4-7,9,11,17-18,21-22,24-25,29,32H,8,10,12-16,19-20H2,1-3H3,(H,38,39,41)/t22-,24+,25+,29-,32+;22-,24+,25+,29-,32-/m00/s1. The number of rotatable bonds is 18. The third-order valence-corrected chi connectivity index (χ3v) is 23.3. The largest absolute Gasteiger partial charge is 0.508 e. The number of ether oxygens (including phenoxy) is 8. The van der Waals surface area contributed by atoms with Crippen LogP contribution in [0.1, 0.15) is 163 Å². The number of hydrogen-bond donors (Lipinski definition) is 2. The van der Waals surface area contributed by atoms with Crippen molar-refractivity contribution in [1.29, 1.82) is 0 Å². The number of aromatic nitrogens is 2. The average Bonchev–Trinajstić information content (AvgIpc) is 1.61. The second-order valence-electron chi connectivity index (χ2n) is 27.7. The minimum atomic E-state index is -0.603. The maximum atomic E-state index is 13.6. The summed E-state index contributed by atoms with van der Waals surface area (Å²) >= 11 is 16.4. The lowest BCUT2D eigenvalue weighted by atomic mass is 9.75. The molecule has 2 aromatic heterocycles. The van der Waals surface area contributed by atoms with Crippen LogP contribution in [0.4, 0.5) is 19.9 Å². The molecule has 2 saturated heterocycles. The normalized spacial score (nSPS) is 25.4. The van der Waals surface area contributed by atoms with Crippen molar-refractivity contribution in [3.8, 4) is 23.0 Å². The molecule has 4 saturated carbocycles. The third-order valence-electron chi connectivity index (χ3n) is 20.7. The van der Waals surface area contributed by atoms with E-state index in [9.17, 15) is 19.2 Å². The number of nitrogens with one attached hydrogen (secondary N) is 2. The molecule has 0 spiro atoms. The van der Waals surface area contributed by atoms with Crippen LogP contribution in [0, 0.1) is 35.5 Å². The van der Waals surface area contributed by atoms with Crippen LogP contribution in [0.5, 0.6) is 23.0 Å². The van der Waals surface area contributed by atoms with Crippen molar-refractivity contribution < 1.29 is 57.1 Å². The van der Waals surface area contributed by atoms with Gasteiger partial charge in [-0.1, -0.05) is 149 Å². The summed E-state index contributed by atoms with van der Waals surface area (Å²) in [6.07, 6.45) is 12.3. The van der Waals surface area contributed by atoms with Gasteiger partial charge in [0.2, 0.25) is 25.4 Å². The van der Waals surface area contributed by atoms with E-state index in [-0.39, 0.29) is 61.9 Å². The zero-order valence-electron chi connectivity index (χ0n) is 54.2. The van der Waals surface area contributed by atoms with E-state index in [1.807, 2.05) is 97.3 Å². The van der Waals surface area contributed by atoms with Gasteiger partial charge in [0, 0.05) is 58.4 Å². The molecule has 2 N–H and O–H groups in total. The lowest BCUT2D eigenvalue weighted by molar-refractivity contribution is -0.119. The molecule has 0 radical (unpaired) electrons. The van der Waals surface area contributed by atoms with Crippen LogP contribution < -0.4 is 29.6 Å². The third kappa shape index (κ3) is 14.4. The van der Waals surface area contributed by atoms with Gasteiger partial charge in [-0.3, -0.25) is 19.4 Å². The second kappa shape index (κ2) is 28.2. The number of benzene rings is 4. The summed E-state index contributed by atoms with van der Waals surface area (Å²) in [4.78, 5) is 68.9. The number of anilines is 2. The molecular weight excluding hydrogens is 1280 g/mol. The summed E-state index contributed by atoms with van der Waals surface area (Å²) in [5.74, 6) is 5.27. The molecule has 500 valence electrons. The fraction of sp³-hybridized carbons (Fsp3) is 0.528. The Bertz CT molecular complexity index is 3490. The summed E-state index contributed by atoms with van der Waals surface area (Å²) in [7, 11) is 0. The molecule has 8 aliphatic rings. The number of amides is 2. The first-order chi connectivity index (χ1) is 45.4. The first-order valence-electron chi connectivity index (χ1n) is 33.5. The van der Waals surface area contributed by atoms with E-state index in [4.69, 9.17) is 61.1 Å². The van der Waals surface area contributed by atoms with E-state index in [0.29, 0.717) is 118 Å². The highest BCUT2D eigenvalue weighted by atomic mass is 35.5. The van der Waals surface area contributed by atoms with Gasteiger partial charge in [0.1, 0.15) is 24.4 Å². The summed E-state index contributed by atoms with van der Waals surface area (Å²) in [5, 5.41) is 8.54. The van der Waals surface area contributed by atoms with Crippen LogP contribution in [-0.4, -0.2) is 108 Å². The first-order valence-corrected chi connectivity index (χ1v) is 35.8. The molecule has 22 heteroatoms. The Morgan fingerprint density at radius 2 is 0.947 bits per heavy atom. The van der Waals surface area contributed by atoms with Crippen molar-refractivity contribution in [2.45, 2.75) is 166 Å². The van der Waals surface area contributed by atoms with Crippen molar-refractivity contribution in [3.05, 3.63) is 139 Å². The zero-order valence-corrected chi connectivity index (χ0v) is 57.3. The maximum Gasteiger partial charge on any atom is 0.508 e. The topological polar surface area (TPSA) is 198 Å². The molecule has 94 heavy (non-hydrogen) atoms. The summed E-state index contributed by atoms with van der Waals surface area (Å²) in [6.45, 7) is 16.1. The van der Waals surface area contributed by atoms with Crippen LogP contribution in [0.3, 0.4) is 0 Å². The minimum Gasteiger partial charge on any atom is -0.454 e. The van der Waals surface area contributed by atoms with Crippen molar-refractivity contribution in [2.24, 2.45) is 35.5 Å². The van der Waals surface area contributed by atoms with Gasteiger partial charge in [-0.25, -0.2) is 19.6 Å². The Balaban J connectivity index is 0.000000171. The fourth-order valence-electron chi connectivity index (χ4n) is 15.0. The minimum absolute atomic E-state index is 0.0771. The molecule has 14 rings (SSSR count). The van der Waals surface area contributed by atoms with Gasteiger partial charge in [-0.05, 0) is 158 Å². The monoisotopic (exact) mass is 1360 g/mol. The van der Waals surface area contributed by atoms with Gasteiger partial charge in [-0.2, -0.15) is 0 Å². The second-order valence-corrected chi connectivity index (χ2v) is 30.6. The fourth-order valence-corrected chi connectivity index (χ4v) is 17.4. The highest BCUT2D eigenvalue weighted by molar-refractivity contribution is 7.16. The number of likely N-dealkylation sites (tertiary alicyclic amines) is 2. The van der Waals surface area contributed by atoms with Gasteiger partial charge in [0.25, 0.3) is 0 Å². The molecule has 4 aromatic carbocycles. The first kappa shape index (κ1) is 66.0. The van der Waals surface area contributed by atoms with Gasteiger partial charge in [0.15, 0.2) is 33.3 Å². The molecule has 4 aliphatic heterocycles. The number of halogens is 2. The van der Waals surface area contributed by atoms with Gasteiger partial charge >= 0.3 is 12.3 Å². The van der Waals surface area contributed by atoms with E-state index in [2.05, 4.69) is 71.9 Å². The van der Waals surface area contributed by atoms with Gasteiger partial charge < -0.3 is 48.5 Å². The Hall–Kier alpha value is -6.68. The Kier molecular flexibility index (Phi) is 19.8. The molecule has 6 aromatic rings. The Morgan fingerprint density at radius 3 is 1.34 bits per heavy atom. The van der Waals surface area contributed by atoms with Crippen LogP contribution in [0.25, 0.3) is 0 Å². The molecule has 10 atom stereocenters. The number of hydrogen-bond acceptors (Lipinski definition) is 18. The zero-order chi connectivity index (χ0) is 65.4. The molecule has 2 amide bonds. The van der Waals surface area contributed by atoms with Crippen LogP contribution >= 0.6 is 45.9 Å². The van der Waals surface area contributed by atoms with E-state index in [0.717, 1.165) is 83.4 Å². The summed E-state index contributed by atoms with van der Waals surface area (Å²) in [5.41, 5.74) is 2.51. The van der Waals surface area contributed by atoms with E-state index in [1.54, 1.807) is 0 Å².